The van der Waals surface area contributed by atoms with E-state index in [0.29, 0.717) is 0 Å². The van der Waals surface area contributed by atoms with E-state index in [4.69, 9.17) is 0 Å². The van der Waals surface area contributed by atoms with Crippen molar-refractivity contribution in [2.24, 2.45) is 0 Å². The molecule has 1 saturated heterocycles. The molecule has 0 unspecified atom stereocenters. The maximum Gasteiger partial charge on any atom is 0.253 e. The molecule has 1 aliphatic rings. The lowest BCUT2D eigenvalue weighted by atomic mass is 10.1. The molecular weight excluding hydrogens is 236 g/mol. The molecular formula is C16H20N2O. The third-order valence-corrected chi connectivity index (χ3v) is 3.90. The van der Waals surface area contributed by atoms with E-state index in [1.807, 2.05) is 30.0 Å². The molecule has 1 aromatic heterocycles. The third-order valence-electron chi connectivity index (χ3n) is 3.90. The second-order valence-electron chi connectivity index (χ2n) is 5.46. The Bertz CT molecular complexity index is 592. The average molecular weight is 256 g/mol. The molecule has 0 aliphatic carbocycles. The normalized spacial score (nSPS) is 16.6. The first kappa shape index (κ1) is 12.3. The summed E-state index contributed by atoms with van der Waals surface area (Å²) in [7, 11) is 0. The summed E-state index contributed by atoms with van der Waals surface area (Å²) >= 11 is 0. The molecule has 1 aromatic carbocycles. The van der Waals surface area contributed by atoms with Crippen LogP contribution in [-0.2, 0) is 0 Å². The lowest BCUT2D eigenvalue weighted by Gasteiger charge is -2.20. The number of likely N-dealkylation sites (tertiary alicyclic amines) is 1. The van der Waals surface area contributed by atoms with E-state index in [0.717, 1.165) is 48.1 Å². The smallest absolute Gasteiger partial charge is 0.253 e. The van der Waals surface area contributed by atoms with Crippen LogP contribution in [0.4, 0.5) is 0 Å². The topological polar surface area (TPSA) is 36.1 Å². The molecule has 0 saturated carbocycles. The van der Waals surface area contributed by atoms with Crippen molar-refractivity contribution < 1.29 is 4.79 Å². The molecule has 0 bridgehead atoms. The van der Waals surface area contributed by atoms with Crippen molar-refractivity contribution >= 4 is 16.8 Å². The largest absolute Gasteiger partial charge is 0.359 e. The van der Waals surface area contributed by atoms with Gasteiger partial charge in [-0.2, -0.15) is 0 Å². The number of carbonyl (C=O) groups is 1. The fourth-order valence-electron chi connectivity index (χ4n) is 2.87. The van der Waals surface area contributed by atoms with Crippen LogP contribution in [0.15, 0.2) is 24.3 Å². The number of benzene rings is 1. The quantitative estimate of drug-likeness (QED) is 0.833. The predicted octanol–water partition coefficient (Wildman–Crippen LogP) is 3.49. The number of amides is 1. The zero-order chi connectivity index (χ0) is 13.2. The van der Waals surface area contributed by atoms with Crippen LogP contribution < -0.4 is 0 Å². The molecule has 2 heterocycles. The SMILES string of the molecule is Cc1cc2cc(C(=O)N3CCCCCC3)ccc2[nH]1. The summed E-state index contributed by atoms with van der Waals surface area (Å²) in [4.78, 5) is 17.8. The van der Waals surface area contributed by atoms with E-state index < -0.39 is 0 Å². The number of aromatic amines is 1. The second-order valence-corrected chi connectivity index (χ2v) is 5.46. The van der Waals surface area contributed by atoms with Crippen LogP contribution in [0.3, 0.4) is 0 Å². The van der Waals surface area contributed by atoms with Crippen LogP contribution in [0.2, 0.25) is 0 Å². The highest BCUT2D eigenvalue weighted by Crippen LogP contribution is 2.19. The molecule has 19 heavy (non-hydrogen) atoms. The fourth-order valence-corrected chi connectivity index (χ4v) is 2.87. The molecule has 1 N–H and O–H groups in total. The van der Waals surface area contributed by atoms with Gasteiger partial charge in [-0.15, -0.1) is 0 Å². The highest BCUT2D eigenvalue weighted by Gasteiger charge is 2.17. The van der Waals surface area contributed by atoms with Gasteiger partial charge in [-0.05, 0) is 44.0 Å². The Kier molecular flexibility index (Phi) is 3.28. The molecule has 0 spiro atoms. The van der Waals surface area contributed by atoms with Crippen LogP contribution in [0.1, 0.15) is 41.7 Å². The van der Waals surface area contributed by atoms with Crippen molar-refractivity contribution in [2.45, 2.75) is 32.6 Å². The zero-order valence-corrected chi connectivity index (χ0v) is 11.4. The van der Waals surface area contributed by atoms with E-state index in [2.05, 4.69) is 11.1 Å². The maximum atomic E-state index is 12.5. The van der Waals surface area contributed by atoms with Crippen molar-refractivity contribution in [2.75, 3.05) is 13.1 Å². The number of hydrogen-bond acceptors (Lipinski definition) is 1. The zero-order valence-electron chi connectivity index (χ0n) is 11.4. The molecule has 0 atom stereocenters. The lowest BCUT2D eigenvalue weighted by molar-refractivity contribution is 0.0762. The van der Waals surface area contributed by atoms with Crippen molar-refractivity contribution in [3.05, 3.63) is 35.5 Å². The average Bonchev–Trinajstić information content (AvgIpc) is 2.63. The maximum absolute atomic E-state index is 12.5. The fraction of sp³-hybridized carbons (Fsp3) is 0.438. The third kappa shape index (κ3) is 2.50. The van der Waals surface area contributed by atoms with Gasteiger partial charge in [0.25, 0.3) is 5.91 Å². The van der Waals surface area contributed by atoms with Gasteiger partial charge in [-0.1, -0.05) is 12.8 Å². The molecule has 1 amide bonds. The Balaban J connectivity index is 1.87. The highest BCUT2D eigenvalue weighted by molar-refractivity contribution is 5.98. The highest BCUT2D eigenvalue weighted by atomic mass is 16.2. The Morgan fingerprint density at radius 1 is 1.11 bits per heavy atom. The summed E-state index contributed by atoms with van der Waals surface area (Å²) in [5, 5.41) is 1.12. The van der Waals surface area contributed by atoms with Crippen LogP contribution >= 0.6 is 0 Å². The van der Waals surface area contributed by atoms with Crippen LogP contribution in [0, 0.1) is 6.92 Å². The van der Waals surface area contributed by atoms with Gasteiger partial charge in [-0.25, -0.2) is 0 Å². The van der Waals surface area contributed by atoms with Crippen LogP contribution in [0.25, 0.3) is 10.9 Å². The van der Waals surface area contributed by atoms with Crippen molar-refractivity contribution in [3.63, 3.8) is 0 Å². The van der Waals surface area contributed by atoms with E-state index in [-0.39, 0.29) is 5.91 Å². The predicted molar refractivity (Wildman–Crippen MR) is 77.4 cm³/mol. The molecule has 1 aliphatic heterocycles. The molecule has 3 heteroatoms. The second kappa shape index (κ2) is 5.08. The van der Waals surface area contributed by atoms with Gasteiger partial charge < -0.3 is 9.88 Å². The summed E-state index contributed by atoms with van der Waals surface area (Å²) < 4.78 is 0. The summed E-state index contributed by atoms with van der Waals surface area (Å²) in [6.45, 7) is 3.85. The minimum Gasteiger partial charge on any atom is -0.359 e. The summed E-state index contributed by atoms with van der Waals surface area (Å²) in [5.41, 5.74) is 3.05. The van der Waals surface area contributed by atoms with Crippen molar-refractivity contribution in [1.29, 1.82) is 0 Å². The summed E-state index contributed by atoms with van der Waals surface area (Å²) in [6, 6.07) is 8.04. The summed E-state index contributed by atoms with van der Waals surface area (Å²) in [5.74, 6) is 0.183. The lowest BCUT2D eigenvalue weighted by Crippen LogP contribution is -2.31. The first-order chi connectivity index (χ1) is 9.24. The van der Waals surface area contributed by atoms with Gasteiger partial charge in [0.05, 0.1) is 0 Å². The number of nitrogens with one attached hydrogen (secondary N) is 1. The molecule has 100 valence electrons. The number of hydrogen-bond donors (Lipinski definition) is 1. The first-order valence-corrected chi connectivity index (χ1v) is 7.13. The molecule has 3 nitrogen and oxygen atoms in total. The van der Waals surface area contributed by atoms with Gasteiger partial charge in [0.15, 0.2) is 0 Å². The van der Waals surface area contributed by atoms with Gasteiger partial charge in [-0.3, -0.25) is 4.79 Å². The van der Waals surface area contributed by atoms with E-state index >= 15 is 0 Å². The molecule has 1 fully saturated rings. The number of nitrogens with zero attached hydrogens (tertiary/aromatic N) is 1. The first-order valence-electron chi connectivity index (χ1n) is 7.13. The number of aryl methyl sites for hydroxylation is 1. The number of H-pyrrole nitrogens is 1. The Morgan fingerprint density at radius 3 is 2.58 bits per heavy atom. The van der Waals surface area contributed by atoms with Crippen molar-refractivity contribution in [1.82, 2.24) is 9.88 Å². The minimum absolute atomic E-state index is 0.183. The van der Waals surface area contributed by atoms with E-state index in [1.54, 1.807) is 0 Å². The van der Waals surface area contributed by atoms with E-state index in [1.165, 1.54) is 12.8 Å². The minimum atomic E-state index is 0.183. The van der Waals surface area contributed by atoms with Crippen LogP contribution in [-0.4, -0.2) is 28.9 Å². The van der Waals surface area contributed by atoms with Gasteiger partial charge in [0.1, 0.15) is 0 Å². The standard InChI is InChI=1S/C16H20N2O/c1-12-10-14-11-13(6-7-15(14)17-12)16(19)18-8-4-2-3-5-9-18/h6-7,10-11,17H,2-5,8-9H2,1H3. The van der Waals surface area contributed by atoms with E-state index in [9.17, 15) is 4.79 Å². The van der Waals surface area contributed by atoms with Crippen LogP contribution in [0.5, 0.6) is 0 Å². The van der Waals surface area contributed by atoms with Crippen molar-refractivity contribution in [3.8, 4) is 0 Å². The van der Waals surface area contributed by atoms with Gasteiger partial charge in [0.2, 0.25) is 0 Å². The molecule has 2 aromatic rings. The summed E-state index contributed by atoms with van der Waals surface area (Å²) in [6.07, 6.45) is 4.77. The number of carbonyl (C=O) groups excluding carboxylic acids is 1. The Hall–Kier alpha value is -1.77. The Morgan fingerprint density at radius 2 is 1.84 bits per heavy atom. The molecule has 3 rings (SSSR count). The number of fused-ring (bicyclic) bond motifs is 1. The monoisotopic (exact) mass is 256 g/mol. The Labute approximate surface area is 113 Å². The number of rotatable bonds is 1. The molecule has 0 radical (unpaired) electrons. The van der Waals surface area contributed by atoms with Gasteiger partial charge in [0, 0.05) is 35.2 Å². The number of aromatic nitrogens is 1. The van der Waals surface area contributed by atoms with Gasteiger partial charge >= 0.3 is 0 Å².